The fourth-order valence-electron chi connectivity index (χ4n) is 2.30. The first kappa shape index (κ1) is 19.2. The molecule has 2 rings (SSSR count). The van der Waals surface area contributed by atoms with Crippen LogP contribution in [0.25, 0.3) is 0 Å². The second-order valence-electron chi connectivity index (χ2n) is 5.48. The summed E-state index contributed by atoms with van der Waals surface area (Å²) in [6.45, 7) is 6.73. The summed E-state index contributed by atoms with van der Waals surface area (Å²) in [5, 5.41) is 17.4. The molecule has 0 fully saturated rings. The minimum absolute atomic E-state index is 0.155. The third-order valence-corrected chi connectivity index (χ3v) is 3.65. The summed E-state index contributed by atoms with van der Waals surface area (Å²) in [6.07, 6.45) is 2.35. The van der Waals surface area contributed by atoms with Gasteiger partial charge >= 0.3 is 5.69 Å². The first-order valence-electron chi connectivity index (χ1n) is 8.31. The summed E-state index contributed by atoms with van der Waals surface area (Å²) >= 11 is 0. The van der Waals surface area contributed by atoms with E-state index >= 15 is 0 Å². The average Bonchev–Trinajstić information content (AvgIpc) is 3.11. The normalized spacial score (nSPS) is 11.7. The Bertz CT molecular complexity index is 774. The SMILES string of the molecule is CCOc1ccc(CNC(=O)C(C)n2cc([N+](=O)[O-])cn2)cc1OCC. The Morgan fingerprint density at radius 2 is 2.00 bits per heavy atom. The van der Waals surface area contributed by atoms with Crippen molar-refractivity contribution in [2.75, 3.05) is 13.2 Å². The molecule has 1 atom stereocenters. The fourth-order valence-corrected chi connectivity index (χ4v) is 2.30. The van der Waals surface area contributed by atoms with Crippen LogP contribution in [0.4, 0.5) is 5.69 Å². The van der Waals surface area contributed by atoms with E-state index < -0.39 is 11.0 Å². The summed E-state index contributed by atoms with van der Waals surface area (Å²) in [7, 11) is 0. The van der Waals surface area contributed by atoms with E-state index in [-0.39, 0.29) is 11.6 Å². The zero-order valence-electron chi connectivity index (χ0n) is 15.0. The van der Waals surface area contributed by atoms with Crippen molar-refractivity contribution >= 4 is 11.6 Å². The van der Waals surface area contributed by atoms with Gasteiger partial charge in [-0.1, -0.05) is 6.07 Å². The number of hydrogen-bond acceptors (Lipinski definition) is 6. The molecule has 1 N–H and O–H groups in total. The summed E-state index contributed by atoms with van der Waals surface area (Å²) in [4.78, 5) is 22.4. The predicted octanol–water partition coefficient (Wildman–Crippen LogP) is 2.47. The molecule has 1 unspecified atom stereocenters. The monoisotopic (exact) mass is 362 g/mol. The molecule has 9 nitrogen and oxygen atoms in total. The minimum Gasteiger partial charge on any atom is -0.490 e. The van der Waals surface area contributed by atoms with Crippen molar-refractivity contribution in [1.82, 2.24) is 15.1 Å². The standard InChI is InChI=1S/C17H22N4O5/c1-4-25-15-7-6-13(8-16(15)26-5-2)9-18-17(22)12(3)20-11-14(10-19-20)21(23)24/h6-8,10-12H,4-5,9H2,1-3H3,(H,18,22). The van der Waals surface area contributed by atoms with Crippen LogP contribution in [0.1, 0.15) is 32.4 Å². The van der Waals surface area contributed by atoms with E-state index in [1.165, 1.54) is 10.9 Å². The molecule has 1 amide bonds. The molecule has 9 heteroatoms. The number of amides is 1. The van der Waals surface area contributed by atoms with Gasteiger partial charge in [0.1, 0.15) is 18.4 Å². The first-order valence-corrected chi connectivity index (χ1v) is 8.31. The number of nitrogens with one attached hydrogen (secondary N) is 1. The maximum Gasteiger partial charge on any atom is 0.307 e. The molecule has 140 valence electrons. The largest absolute Gasteiger partial charge is 0.490 e. The lowest BCUT2D eigenvalue weighted by atomic mass is 10.2. The lowest BCUT2D eigenvalue weighted by Gasteiger charge is -2.14. The van der Waals surface area contributed by atoms with E-state index in [9.17, 15) is 14.9 Å². The Morgan fingerprint density at radius 3 is 2.62 bits per heavy atom. The number of carbonyl (C=O) groups is 1. The highest BCUT2D eigenvalue weighted by Gasteiger charge is 2.19. The van der Waals surface area contributed by atoms with Crippen LogP contribution < -0.4 is 14.8 Å². The number of benzene rings is 1. The number of aromatic nitrogens is 2. The number of hydrogen-bond donors (Lipinski definition) is 1. The maximum atomic E-state index is 12.3. The van der Waals surface area contributed by atoms with E-state index in [0.717, 1.165) is 11.8 Å². The van der Waals surface area contributed by atoms with Gasteiger partial charge in [0.05, 0.1) is 18.1 Å². The van der Waals surface area contributed by atoms with Crippen molar-refractivity contribution < 1.29 is 19.2 Å². The Kier molecular flexibility index (Phi) is 6.54. The molecule has 0 aliphatic heterocycles. The Balaban J connectivity index is 2.01. The Hall–Kier alpha value is -3.10. The first-order chi connectivity index (χ1) is 12.5. The van der Waals surface area contributed by atoms with E-state index in [2.05, 4.69) is 10.4 Å². The van der Waals surface area contributed by atoms with Gasteiger partial charge in [0.15, 0.2) is 11.5 Å². The van der Waals surface area contributed by atoms with E-state index in [4.69, 9.17) is 9.47 Å². The van der Waals surface area contributed by atoms with Crippen LogP contribution in [0.5, 0.6) is 11.5 Å². The molecular formula is C17H22N4O5. The molecular weight excluding hydrogens is 340 g/mol. The van der Waals surface area contributed by atoms with Crippen molar-refractivity contribution in [3.63, 3.8) is 0 Å². The lowest BCUT2D eigenvalue weighted by molar-refractivity contribution is -0.385. The van der Waals surface area contributed by atoms with Crippen LogP contribution in [-0.2, 0) is 11.3 Å². The van der Waals surface area contributed by atoms with Gasteiger partial charge < -0.3 is 14.8 Å². The van der Waals surface area contributed by atoms with Gasteiger partial charge in [-0.2, -0.15) is 5.10 Å². The molecule has 1 aromatic carbocycles. The van der Waals surface area contributed by atoms with Crippen molar-refractivity contribution in [1.29, 1.82) is 0 Å². The van der Waals surface area contributed by atoms with Gasteiger partial charge in [-0.05, 0) is 38.5 Å². The number of nitrogens with zero attached hydrogens (tertiary/aromatic N) is 3. The van der Waals surface area contributed by atoms with E-state index in [0.29, 0.717) is 31.3 Å². The summed E-state index contributed by atoms with van der Waals surface area (Å²) < 4.78 is 12.3. The molecule has 0 saturated carbocycles. The number of ether oxygens (including phenoxy) is 2. The molecule has 0 aliphatic carbocycles. The summed E-state index contributed by atoms with van der Waals surface area (Å²) in [5.74, 6) is 0.980. The number of rotatable bonds is 9. The van der Waals surface area contributed by atoms with Gasteiger partial charge in [-0.25, -0.2) is 0 Å². The van der Waals surface area contributed by atoms with Crippen molar-refractivity contribution in [2.24, 2.45) is 0 Å². The zero-order chi connectivity index (χ0) is 19.1. The third-order valence-electron chi connectivity index (χ3n) is 3.65. The molecule has 26 heavy (non-hydrogen) atoms. The van der Waals surface area contributed by atoms with Crippen molar-refractivity contribution in [3.8, 4) is 11.5 Å². The van der Waals surface area contributed by atoms with Gasteiger partial charge in [0, 0.05) is 6.54 Å². The van der Waals surface area contributed by atoms with Crippen LogP contribution >= 0.6 is 0 Å². The van der Waals surface area contributed by atoms with Gasteiger partial charge in [0.25, 0.3) is 0 Å². The summed E-state index contributed by atoms with van der Waals surface area (Å²) in [6, 6.07) is 4.80. The molecule has 1 aromatic heterocycles. The van der Waals surface area contributed by atoms with Gasteiger partial charge in [-0.15, -0.1) is 0 Å². The highest BCUT2D eigenvalue weighted by atomic mass is 16.6. The van der Waals surface area contributed by atoms with E-state index in [1.54, 1.807) is 13.0 Å². The van der Waals surface area contributed by atoms with Gasteiger partial charge in [-0.3, -0.25) is 19.6 Å². The van der Waals surface area contributed by atoms with Crippen LogP contribution in [0.15, 0.2) is 30.6 Å². The van der Waals surface area contributed by atoms with Crippen molar-refractivity contribution in [3.05, 3.63) is 46.3 Å². The third kappa shape index (κ3) is 4.71. The number of nitro groups is 1. The fraction of sp³-hybridized carbons (Fsp3) is 0.412. The van der Waals surface area contributed by atoms with Crippen LogP contribution in [0, 0.1) is 10.1 Å². The second-order valence-corrected chi connectivity index (χ2v) is 5.48. The van der Waals surface area contributed by atoms with Gasteiger partial charge in [0.2, 0.25) is 5.91 Å². The zero-order valence-corrected chi connectivity index (χ0v) is 15.0. The summed E-state index contributed by atoms with van der Waals surface area (Å²) in [5.41, 5.74) is 0.696. The van der Waals surface area contributed by atoms with E-state index in [1.807, 2.05) is 26.0 Å². The smallest absolute Gasteiger partial charge is 0.307 e. The quantitative estimate of drug-likeness (QED) is 0.542. The molecule has 0 spiro atoms. The Morgan fingerprint density at radius 1 is 1.31 bits per heavy atom. The number of carbonyl (C=O) groups excluding carboxylic acids is 1. The molecule has 1 heterocycles. The molecule has 0 saturated heterocycles. The molecule has 0 radical (unpaired) electrons. The second kappa shape index (κ2) is 8.84. The lowest BCUT2D eigenvalue weighted by Crippen LogP contribution is -2.30. The van der Waals surface area contributed by atoms with Crippen LogP contribution in [0.3, 0.4) is 0 Å². The van der Waals surface area contributed by atoms with Crippen molar-refractivity contribution in [2.45, 2.75) is 33.4 Å². The predicted molar refractivity (Wildman–Crippen MR) is 94.2 cm³/mol. The molecule has 0 bridgehead atoms. The maximum absolute atomic E-state index is 12.3. The Labute approximate surface area is 151 Å². The minimum atomic E-state index is -0.669. The van der Waals surface area contributed by atoms with Crippen LogP contribution in [0.2, 0.25) is 0 Å². The molecule has 2 aromatic rings. The highest BCUT2D eigenvalue weighted by Crippen LogP contribution is 2.28. The molecule has 0 aliphatic rings. The topological polar surface area (TPSA) is 109 Å². The van der Waals surface area contributed by atoms with Crippen LogP contribution in [-0.4, -0.2) is 33.8 Å². The average molecular weight is 362 g/mol. The highest BCUT2D eigenvalue weighted by molar-refractivity contribution is 5.79.